The molecule has 3 aromatic rings. The molecule has 0 fully saturated rings. The van der Waals surface area contributed by atoms with E-state index in [0.717, 1.165) is 16.4 Å². The molecule has 40 heavy (non-hydrogen) atoms. The summed E-state index contributed by atoms with van der Waals surface area (Å²) in [5.74, 6) is -1.83. The van der Waals surface area contributed by atoms with Crippen LogP contribution in [0, 0.1) is 5.82 Å². The van der Waals surface area contributed by atoms with Gasteiger partial charge >= 0.3 is 0 Å². The third-order valence-electron chi connectivity index (χ3n) is 5.97. The van der Waals surface area contributed by atoms with E-state index in [1.807, 2.05) is 0 Å². The van der Waals surface area contributed by atoms with Gasteiger partial charge in [0, 0.05) is 22.6 Å². The zero-order valence-corrected chi connectivity index (χ0v) is 25.2. The van der Waals surface area contributed by atoms with Gasteiger partial charge in [0.2, 0.25) is 11.8 Å². The SMILES string of the molecule is CC[C@@H](C(=O)NC(C)C)N(Cc1ccc(Cl)cc1Cl)C(=O)CN(c1ccc(F)c(Cl)c1)S(=O)(=O)c1ccccc1. The molecule has 0 aliphatic heterocycles. The van der Waals surface area contributed by atoms with Crippen molar-refractivity contribution in [3.8, 4) is 0 Å². The summed E-state index contributed by atoms with van der Waals surface area (Å²) in [5, 5.41) is 3.18. The molecule has 0 radical (unpaired) electrons. The van der Waals surface area contributed by atoms with Crippen molar-refractivity contribution in [2.45, 2.75) is 50.7 Å². The molecular weight excluding hydrogens is 600 g/mol. The molecule has 0 aromatic heterocycles. The van der Waals surface area contributed by atoms with Crippen LogP contribution in [0.25, 0.3) is 0 Å². The molecule has 0 saturated carbocycles. The molecule has 7 nitrogen and oxygen atoms in total. The maximum absolute atomic E-state index is 14.0. The van der Waals surface area contributed by atoms with Gasteiger partial charge in [-0.3, -0.25) is 13.9 Å². The fourth-order valence-electron chi connectivity index (χ4n) is 4.02. The predicted octanol–water partition coefficient (Wildman–Crippen LogP) is 6.31. The molecule has 0 heterocycles. The van der Waals surface area contributed by atoms with E-state index in [-0.39, 0.29) is 39.6 Å². The predicted molar refractivity (Wildman–Crippen MR) is 157 cm³/mol. The first kappa shape index (κ1) is 31.7. The third kappa shape index (κ3) is 7.66. The van der Waals surface area contributed by atoms with Gasteiger partial charge in [0.15, 0.2) is 0 Å². The molecule has 3 rings (SSSR count). The Hall–Kier alpha value is -2.85. The van der Waals surface area contributed by atoms with Gasteiger partial charge in [0.05, 0.1) is 15.6 Å². The second-order valence-electron chi connectivity index (χ2n) is 9.27. The molecule has 12 heteroatoms. The Balaban J connectivity index is 2.10. The van der Waals surface area contributed by atoms with Gasteiger partial charge in [-0.15, -0.1) is 0 Å². The highest BCUT2D eigenvalue weighted by molar-refractivity contribution is 7.92. The standard InChI is InChI=1S/C28H29Cl3FN3O4S/c1-4-26(28(37)33-18(2)3)34(16-19-10-11-20(29)14-23(19)30)27(36)17-35(21-12-13-25(32)24(31)15-21)40(38,39)22-8-6-5-7-9-22/h5-15,18,26H,4,16-17H2,1-3H3,(H,33,37)/t26-/m0/s1. The van der Waals surface area contributed by atoms with Crippen LogP contribution in [-0.2, 0) is 26.2 Å². The molecular formula is C28H29Cl3FN3O4S. The molecule has 0 spiro atoms. The maximum Gasteiger partial charge on any atom is 0.264 e. The molecule has 0 bridgehead atoms. The Morgan fingerprint density at radius 2 is 1.62 bits per heavy atom. The average Bonchev–Trinajstić information content (AvgIpc) is 2.90. The lowest BCUT2D eigenvalue weighted by atomic mass is 10.1. The van der Waals surface area contributed by atoms with Crippen LogP contribution in [0.1, 0.15) is 32.8 Å². The Morgan fingerprint density at radius 1 is 0.950 bits per heavy atom. The van der Waals surface area contributed by atoms with Crippen molar-refractivity contribution >= 4 is 62.3 Å². The molecule has 0 saturated heterocycles. The van der Waals surface area contributed by atoms with E-state index in [1.54, 1.807) is 51.1 Å². The number of hydrogen-bond donors (Lipinski definition) is 1. The topological polar surface area (TPSA) is 86.8 Å². The summed E-state index contributed by atoms with van der Waals surface area (Å²) in [7, 11) is -4.31. The quantitative estimate of drug-likeness (QED) is 0.270. The van der Waals surface area contributed by atoms with Crippen molar-refractivity contribution in [2.24, 2.45) is 0 Å². The first-order valence-electron chi connectivity index (χ1n) is 12.4. The number of rotatable bonds is 11. The number of carbonyl (C=O) groups excluding carboxylic acids is 2. The number of nitrogens with one attached hydrogen (secondary N) is 1. The van der Waals surface area contributed by atoms with Crippen molar-refractivity contribution in [2.75, 3.05) is 10.8 Å². The first-order valence-corrected chi connectivity index (χ1v) is 15.0. The van der Waals surface area contributed by atoms with Crippen LogP contribution in [0.15, 0.2) is 71.6 Å². The van der Waals surface area contributed by atoms with E-state index in [4.69, 9.17) is 34.8 Å². The minimum absolute atomic E-state index is 0.0206. The van der Waals surface area contributed by atoms with Gasteiger partial charge in [-0.25, -0.2) is 12.8 Å². The summed E-state index contributed by atoms with van der Waals surface area (Å²) in [5.41, 5.74) is 0.491. The summed E-state index contributed by atoms with van der Waals surface area (Å²) in [6.45, 7) is 4.53. The number of hydrogen-bond acceptors (Lipinski definition) is 4. The van der Waals surface area contributed by atoms with Crippen LogP contribution < -0.4 is 9.62 Å². The van der Waals surface area contributed by atoms with Crippen LogP contribution >= 0.6 is 34.8 Å². The zero-order chi connectivity index (χ0) is 29.6. The third-order valence-corrected chi connectivity index (χ3v) is 8.64. The Labute approximate surface area is 248 Å². The summed E-state index contributed by atoms with van der Waals surface area (Å²) >= 11 is 18.4. The number of anilines is 1. The summed E-state index contributed by atoms with van der Waals surface area (Å²) < 4.78 is 42.3. The fraction of sp³-hybridized carbons (Fsp3) is 0.286. The Morgan fingerprint density at radius 3 is 2.20 bits per heavy atom. The largest absolute Gasteiger partial charge is 0.352 e. The molecule has 1 atom stereocenters. The molecule has 214 valence electrons. The lowest BCUT2D eigenvalue weighted by Gasteiger charge is -2.33. The highest BCUT2D eigenvalue weighted by atomic mass is 35.5. The monoisotopic (exact) mass is 627 g/mol. The smallest absolute Gasteiger partial charge is 0.264 e. The average molecular weight is 629 g/mol. The molecule has 0 unspecified atom stereocenters. The number of sulfonamides is 1. The molecule has 0 aliphatic carbocycles. The van der Waals surface area contributed by atoms with Crippen LogP contribution in [0.2, 0.25) is 15.1 Å². The van der Waals surface area contributed by atoms with Crippen LogP contribution in [0.5, 0.6) is 0 Å². The minimum atomic E-state index is -4.31. The number of nitrogens with zero attached hydrogens (tertiary/aromatic N) is 2. The van der Waals surface area contributed by atoms with Gasteiger partial charge < -0.3 is 10.2 Å². The van der Waals surface area contributed by atoms with Crippen molar-refractivity contribution in [3.05, 3.63) is 93.2 Å². The maximum atomic E-state index is 14.0. The molecule has 0 aliphatic rings. The van der Waals surface area contributed by atoms with E-state index >= 15 is 0 Å². The van der Waals surface area contributed by atoms with Crippen molar-refractivity contribution < 1.29 is 22.4 Å². The van der Waals surface area contributed by atoms with Crippen molar-refractivity contribution in [1.82, 2.24) is 10.2 Å². The Kier molecular flexibility index (Phi) is 10.8. The van der Waals surface area contributed by atoms with Crippen molar-refractivity contribution in [3.63, 3.8) is 0 Å². The van der Waals surface area contributed by atoms with Gasteiger partial charge in [0.25, 0.3) is 10.0 Å². The fourth-order valence-corrected chi connectivity index (χ4v) is 6.09. The highest BCUT2D eigenvalue weighted by Gasteiger charge is 2.34. The molecule has 1 N–H and O–H groups in total. The second kappa shape index (κ2) is 13.7. The van der Waals surface area contributed by atoms with Crippen LogP contribution in [0.4, 0.5) is 10.1 Å². The van der Waals surface area contributed by atoms with Gasteiger partial charge in [-0.05, 0) is 68.3 Å². The van der Waals surface area contributed by atoms with Crippen LogP contribution in [0.3, 0.4) is 0 Å². The zero-order valence-electron chi connectivity index (χ0n) is 22.1. The summed E-state index contributed by atoms with van der Waals surface area (Å²) in [6.07, 6.45) is 0.239. The lowest BCUT2D eigenvalue weighted by Crippen LogP contribution is -2.53. The summed E-state index contributed by atoms with van der Waals surface area (Å²) in [6, 6.07) is 14.5. The van der Waals surface area contributed by atoms with E-state index in [9.17, 15) is 22.4 Å². The van der Waals surface area contributed by atoms with E-state index in [0.29, 0.717) is 10.6 Å². The molecule has 2 amide bonds. The number of halogens is 4. The highest BCUT2D eigenvalue weighted by Crippen LogP contribution is 2.29. The van der Waals surface area contributed by atoms with Gasteiger partial charge in [-0.2, -0.15) is 0 Å². The number of amides is 2. The van der Waals surface area contributed by atoms with Gasteiger partial charge in [-0.1, -0.05) is 66.0 Å². The first-order chi connectivity index (χ1) is 18.8. The van der Waals surface area contributed by atoms with E-state index in [2.05, 4.69) is 5.32 Å². The van der Waals surface area contributed by atoms with E-state index < -0.39 is 40.2 Å². The number of benzene rings is 3. The minimum Gasteiger partial charge on any atom is -0.352 e. The van der Waals surface area contributed by atoms with Gasteiger partial charge in [0.1, 0.15) is 18.4 Å². The molecule has 3 aromatic carbocycles. The lowest BCUT2D eigenvalue weighted by molar-refractivity contribution is -0.140. The summed E-state index contributed by atoms with van der Waals surface area (Å²) in [4.78, 5) is 28.4. The van der Waals surface area contributed by atoms with E-state index in [1.165, 1.54) is 29.2 Å². The van der Waals surface area contributed by atoms with Crippen LogP contribution in [-0.4, -0.2) is 43.8 Å². The van der Waals surface area contributed by atoms with Crippen molar-refractivity contribution in [1.29, 1.82) is 0 Å². The number of carbonyl (C=O) groups is 2. The second-order valence-corrected chi connectivity index (χ2v) is 12.4. The Bertz CT molecular complexity index is 1470. The normalized spacial score (nSPS) is 12.2.